The molecule has 0 aliphatic heterocycles. The van der Waals surface area contributed by atoms with E-state index in [-0.39, 0.29) is 16.4 Å². The molecule has 0 bridgehead atoms. The smallest absolute Gasteiger partial charge is 0.179 e. The number of oxime groups is 1. The van der Waals surface area contributed by atoms with Gasteiger partial charge in [-0.25, -0.2) is 13.8 Å². The number of halogens is 3. The SMILES string of the molecule is CCNCc1nc2c(F)ccc(/C(=N\O)Nc3ccc(F)c(Cl)c3)c2[nH]1. The number of fused-ring (bicyclic) bond motifs is 1. The van der Waals surface area contributed by atoms with E-state index >= 15 is 0 Å². The third-order valence-electron chi connectivity index (χ3n) is 3.72. The van der Waals surface area contributed by atoms with Crippen LogP contribution in [-0.2, 0) is 6.54 Å². The van der Waals surface area contributed by atoms with Gasteiger partial charge in [-0.15, -0.1) is 0 Å². The number of nitrogens with zero attached hydrogens (tertiary/aromatic N) is 2. The van der Waals surface area contributed by atoms with Gasteiger partial charge in [-0.3, -0.25) is 0 Å². The Labute approximate surface area is 152 Å². The molecule has 0 atom stereocenters. The molecule has 2 aromatic carbocycles. The lowest BCUT2D eigenvalue weighted by Gasteiger charge is -2.10. The standard InChI is InChI=1S/C17H16ClF2N5O/c1-2-21-8-14-23-15-10(4-6-13(20)16(15)24-14)17(25-26)22-9-3-5-12(19)11(18)7-9/h3-7,21,26H,2,8H2,1H3,(H,22,25)(H,23,24). The summed E-state index contributed by atoms with van der Waals surface area (Å²) in [4.78, 5) is 7.26. The second-order valence-corrected chi connectivity index (χ2v) is 5.89. The first-order valence-electron chi connectivity index (χ1n) is 7.85. The van der Waals surface area contributed by atoms with E-state index in [0.29, 0.717) is 29.1 Å². The molecule has 1 heterocycles. The fraction of sp³-hybridized carbons (Fsp3) is 0.176. The van der Waals surface area contributed by atoms with Gasteiger partial charge in [0.2, 0.25) is 0 Å². The van der Waals surface area contributed by atoms with Gasteiger partial charge in [0.25, 0.3) is 0 Å². The predicted molar refractivity (Wildman–Crippen MR) is 96.8 cm³/mol. The van der Waals surface area contributed by atoms with Crippen molar-refractivity contribution >= 4 is 34.2 Å². The maximum Gasteiger partial charge on any atom is 0.179 e. The lowest BCUT2D eigenvalue weighted by Crippen LogP contribution is -2.15. The number of aromatic nitrogens is 2. The van der Waals surface area contributed by atoms with E-state index in [2.05, 4.69) is 25.8 Å². The Kier molecular flexibility index (Phi) is 5.34. The van der Waals surface area contributed by atoms with Crippen LogP contribution in [0.1, 0.15) is 18.3 Å². The van der Waals surface area contributed by atoms with Gasteiger partial charge in [-0.2, -0.15) is 0 Å². The Morgan fingerprint density at radius 3 is 2.73 bits per heavy atom. The highest BCUT2D eigenvalue weighted by atomic mass is 35.5. The van der Waals surface area contributed by atoms with Crippen molar-refractivity contribution in [2.24, 2.45) is 5.16 Å². The molecule has 0 unspecified atom stereocenters. The van der Waals surface area contributed by atoms with Gasteiger partial charge in [-0.05, 0) is 36.9 Å². The number of nitrogens with one attached hydrogen (secondary N) is 3. The highest BCUT2D eigenvalue weighted by Gasteiger charge is 2.16. The predicted octanol–water partition coefficient (Wildman–Crippen LogP) is 3.85. The van der Waals surface area contributed by atoms with Crippen LogP contribution >= 0.6 is 11.6 Å². The molecule has 26 heavy (non-hydrogen) atoms. The van der Waals surface area contributed by atoms with Gasteiger partial charge < -0.3 is 20.8 Å². The molecule has 0 aliphatic carbocycles. The van der Waals surface area contributed by atoms with Gasteiger partial charge in [0.15, 0.2) is 11.7 Å². The molecule has 0 spiro atoms. The zero-order chi connectivity index (χ0) is 18.7. The molecule has 0 saturated heterocycles. The van der Waals surface area contributed by atoms with Gasteiger partial charge in [0.05, 0.1) is 17.1 Å². The topological polar surface area (TPSA) is 85.3 Å². The number of rotatable bonds is 5. The number of H-pyrrole nitrogens is 1. The Balaban J connectivity index is 2.00. The molecular formula is C17H16ClF2N5O. The molecule has 3 rings (SSSR count). The van der Waals surface area contributed by atoms with Crippen molar-refractivity contribution in [1.82, 2.24) is 15.3 Å². The summed E-state index contributed by atoms with van der Waals surface area (Å²) in [5.74, 6) is -0.470. The van der Waals surface area contributed by atoms with Crippen LogP contribution in [-0.4, -0.2) is 27.6 Å². The van der Waals surface area contributed by atoms with E-state index in [1.54, 1.807) is 0 Å². The summed E-state index contributed by atoms with van der Waals surface area (Å²) in [5.41, 5.74) is 1.33. The van der Waals surface area contributed by atoms with Crippen LogP contribution < -0.4 is 10.6 Å². The average Bonchev–Trinajstić information content (AvgIpc) is 3.06. The zero-order valence-corrected chi connectivity index (χ0v) is 14.5. The summed E-state index contributed by atoms with van der Waals surface area (Å²) in [5, 5.41) is 18.5. The van der Waals surface area contributed by atoms with Crippen LogP contribution in [0.4, 0.5) is 14.5 Å². The van der Waals surface area contributed by atoms with Crippen LogP contribution in [0.25, 0.3) is 11.0 Å². The van der Waals surface area contributed by atoms with Crippen molar-refractivity contribution in [3.63, 3.8) is 0 Å². The molecule has 0 aliphatic rings. The van der Waals surface area contributed by atoms with Crippen LogP contribution in [0.15, 0.2) is 35.5 Å². The van der Waals surface area contributed by atoms with E-state index in [4.69, 9.17) is 11.6 Å². The first kappa shape index (κ1) is 18.1. The van der Waals surface area contributed by atoms with Crippen molar-refractivity contribution in [2.75, 3.05) is 11.9 Å². The van der Waals surface area contributed by atoms with Gasteiger partial charge in [0.1, 0.15) is 17.2 Å². The number of hydrogen-bond donors (Lipinski definition) is 4. The summed E-state index contributed by atoms with van der Waals surface area (Å²) in [6.45, 7) is 3.13. The lowest BCUT2D eigenvalue weighted by atomic mass is 10.1. The number of hydrogen-bond acceptors (Lipinski definition) is 4. The third-order valence-corrected chi connectivity index (χ3v) is 4.01. The van der Waals surface area contributed by atoms with Crippen molar-refractivity contribution in [1.29, 1.82) is 0 Å². The van der Waals surface area contributed by atoms with Gasteiger partial charge in [-0.1, -0.05) is 23.7 Å². The highest BCUT2D eigenvalue weighted by molar-refractivity contribution is 6.31. The van der Waals surface area contributed by atoms with E-state index in [9.17, 15) is 14.0 Å². The molecule has 0 fully saturated rings. The molecular weight excluding hydrogens is 364 g/mol. The van der Waals surface area contributed by atoms with Crippen LogP contribution in [0.3, 0.4) is 0 Å². The summed E-state index contributed by atoms with van der Waals surface area (Å²) in [6.07, 6.45) is 0. The highest BCUT2D eigenvalue weighted by Crippen LogP contribution is 2.23. The minimum atomic E-state index is -0.564. The Bertz CT molecular complexity index is 973. The van der Waals surface area contributed by atoms with Crippen molar-refractivity contribution < 1.29 is 14.0 Å². The lowest BCUT2D eigenvalue weighted by molar-refractivity contribution is 0.319. The number of imidazole rings is 1. The molecule has 9 heteroatoms. The van der Waals surface area contributed by atoms with E-state index < -0.39 is 11.6 Å². The molecule has 0 amide bonds. The van der Waals surface area contributed by atoms with Crippen molar-refractivity contribution in [3.8, 4) is 0 Å². The summed E-state index contributed by atoms with van der Waals surface area (Å²) in [6, 6.07) is 6.67. The first-order valence-corrected chi connectivity index (χ1v) is 8.23. The zero-order valence-electron chi connectivity index (χ0n) is 13.8. The molecule has 6 nitrogen and oxygen atoms in total. The summed E-state index contributed by atoms with van der Waals surface area (Å²) < 4.78 is 27.4. The minimum Gasteiger partial charge on any atom is -0.409 e. The Morgan fingerprint density at radius 2 is 2.04 bits per heavy atom. The number of anilines is 1. The second kappa shape index (κ2) is 7.67. The Hall–Kier alpha value is -2.71. The monoisotopic (exact) mass is 379 g/mol. The molecule has 4 N–H and O–H groups in total. The van der Waals surface area contributed by atoms with Crippen molar-refractivity contribution in [3.05, 3.63) is 58.4 Å². The normalized spacial score (nSPS) is 11.9. The Morgan fingerprint density at radius 1 is 1.27 bits per heavy atom. The number of benzene rings is 2. The number of amidine groups is 1. The van der Waals surface area contributed by atoms with Crippen LogP contribution in [0, 0.1) is 11.6 Å². The maximum absolute atomic E-state index is 14.1. The minimum absolute atomic E-state index is 0.0383. The fourth-order valence-electron chi connectivity index (χ4n) is 2.49. The third kappa shape index (κ3) is 3.61. The fourth-order valence-corrected chi connectivity index (χ4v) is 2.67. The molecule has 3 aromatic rings. The maximum atomic E-state index is 14.1. The quantitative estimate of drug-likeness (QED) is 0.235. The van der Waals surface area contributed by atoms with Crippen LogP contribution in [0.5, 0.6) is 0 Å². The van der Waals surface area contributed by atoms with E-state index in [1.807, 2.05) is 6.92 Å². The van der Waals surface area contributed by atoms with E-state index in [0.717, 1.165) is 6.54 Å². The van der Waals surface area contributed by atoms with Crippen molar-refractivity contribution in [2.45, 2.75) is 13.5 Å². The second-order valence-electron chi connectivity index (χ2n) is 5.48. The van der Waals surface area contributed by atoms with Gasteiger partial charge in [0, 0.05) is 11.3 Å². The van der Waals surface area contributed by atoms with Gasteiger partial charge >= 0.3 is 0 Å². The van der Waals surface area contributed by atoms with E-state index in [1.165, 1.54) is 30.3 Å². The summed E-state index contributed by atoms with van der Waals surface area (Å²) in [7, 11) is 0. The average molecular weight is 380 g/mol. The molecule has 0 radical (unpaired) electrons. The largest absolute Gasteiger partial charge is 0.409 e. The first-order chi connectivity index (χ1) is 12.5. The molecule has 1 aromatic heterocycles. The van der Waals surface area contributed by atoms with Crippen LogP contribution in [0.2, 0.25) is 5.02 Å². The molecule has 0 saturated carbocycles. The molecule has 136 valence electrons. The number of aromatic amines is 1. The summed E-state index contributed by atoms with van der Waals surface area (Å²) >= 11 is 5.76.